The number of rotatable bonds is 4. The molecule has 7 heteroatoms. The lowest BCUT2D eigenvalue weighted by molar-refractivity contribution is 0.584. The smallest absolute Gasteiger partial charge is 0.205 e. The first kappa shape index (κ1) is 15.5. The molecule has 0 unspecified atom stereocenters. The second kappa shape index (κ2) is 6.24. The van der Waals surface area contributed by atoms with Crippen LogP contribution in [-0.2, 0) is 10.0 Å². The molecule has 0 saturated heterocycles. The van der Waals surface area contributed by atoms with E-state index in [9.17, 15) is 12.8 Å². The number of nitrogens with zero attached hydrogens (tertiary/aromatic N) is 1. The average Bonchev–Trinajstić information content (AvgIpc) is 2.43. The Hall–Kier alpha value is -1.92. The van der Waals surface area contributed by atoms with E-state index in [0.717, 1.165) is 11.6 Å². The number of hydrogen-bond acceptors (Lipinski definition) is 3. The number of aryl methyl sites for hydroxylation is 1. The Labute approximate surface area is 127 Å². The molecule has 0 heterocycles. The van der Waals surface area contributed by atoms with Gasteiger partial charge in [0.25, 0.3) is 10.0 Å². The minimum absolute atomic E-state index is 0.00705. The van der Waals surface area contributed by atoms with Crippen molar-refractivity contribution in [3.63, 3.8) is 0 Å². The molecule has 0 aliphatic heterocycles. The third-order valence-corrected chi connectivity index (χ3v) is 4.21. The lowest BCUT2D eigenvalue weighted by Gasteiger charge is -2.03. The molecule has 0 spiro atoms. The molecule has 21 heavy (non-hydrogen) atoms. The van der Waals surface area contributed by atoms with Gasteiger partial charge in [-0.3, -0.25) is 0 Å². The molecule has 0 aliphatic rings. The van der Waals surface area contributed by atoms with Gasteiger partial charge in [-0.05, 0) is 36.8 Å². The molecule has 0 radical (unpaired) electrons. The topological polar surface area (TPSA) is 58.5 Å². The Morgan fingerprint density at radius 1 is 1.19 bits per heavy atom. The monoisotopic (exact) mass is 326 g/mol. The zero-order valence-electron chi connectivity index (χ0n) is 11.0. The van der Waals surface area contributed by atoms with Crippen molar-refractivity contribution in [2.24, 2.45) is 5.10 Å². The summed E-state index contributed by atoms with van der Waals surface area (Å²) < 4.78 is 37.1. The summed E-state index contributed by atoms with van der Waals surface area (Å²) in [5.41, 5.74) is 1.34. The quantitative estimate of drug-likeness (QED) is 0.693. The molecule has 0 atom stereocenters. The summed E-state index contributed by atoms with van der Waals surface area (Å²) >= 11 is 5.55. The largest absolute Gasteiger partial charge is 0.276 e. The van der Waals surface area contributed by atoms with E-state index in [1.165, 1.54) is 30.5 Å². The Morgan fingerprint density at radius 3 is 2.48 bits per heavy atom. The molecular formula is C14H12ClFN2O2S. The third-order valence-electron chi connectivity index (χ3n) is 2.66. The molecule has 2 rings (SSSR count). The van der Waals surface area contributed by atoms with Crippen LogP contribution in [0.2, 0.25) is 5.02 Å². The van der Waals surface area contributed by atoms with Crippen molar-refractivity contribution in [3.05, 3.63) is 64.4 Å². The Balaban J connectivity index is 2.12. The SMILES string of the molecule is Cc1ccc(S(=O)(=O)N/N=C/c2ccc(Cl)c(F)c2)cc1. The number of nitrogens with one attached hydrogen (secondary N) is 1. The zero-order chi connectivity index (χ0) is 15.5. The highest BCUT2D eigenvalue weighted by Crippen LogP contribution is 2.14. The Morgan fingerprint density at radius 2 is 1.86 bits per heavy atom. The van der Waals surface area contributed by atoms with Gasteiger partial charge in [0.2, 0.25) is 0 Å². The summed E-state index contributed by atoms with van der Waals surface area (Å²) in [6.45, 7) is 1.86. The van der Waals surface area contributed by atoms with Crippen molar-refractivity contribution >= 4 is 27.8 Å². The number of sulfonamides is 1. The second-order valence-electron chi connectivity index (χ2n) is 4.34. The molecule has 0 aliphatic carbocycles. The first-order valence-corrected chi connectivity index (χ1v) is 7.81. The van der Waals surface area contributed by atoms with E-state index in [2.05, 4.69) is 9.93 Å². The van der Waals surface area contributed by atoms with Gasteiger partial charge < -0.3 is 0 Å². The van der Waals surface area contributed by atoms with Crippen LogP contribution in [0.1, 0.15) is 11.1 Å². The maximum Gasteiger partial charge on any atom is 0.276 e. The van der Waals surface area contributed by atoms with Crippen LogP contribution in [0.4, 0.5) is 4.39 Å². The van der Waals surface area contributed by atoms with Crippen molar-refractivity contribution in [3.8, 4) is 0 Å². The van der Waals surface area contributed by atoms with Crippen LogP contribution >= 0.6 is 11.6 Å². The van der Waals surface area contributed by atoms with Crippen molar-refractivity contribution in [2.75, 3.05) is 0 Å². The fourth-order valence-corrected chi connectivity index (χ4v) is 2.44. The second-order valence-corrected chi connectivity index (χ2v) is 6.41. The van der Waals surface area contributed by atoms with E-state index in [4.69, 9.17) is 11.6 Å². The predicted octanol–water partition coefficient (Wildman–Crippen LogP) is 3.10. The molecule has 0 fully saturated rings. The first-order chi connectivity index (χ1) is 9.88. The van der Waals surface area contributed by atoms with Crippen LogP contribution in [0.15, 0.2) is 52.5 Å². The van der Waals surface area contributed by atoms with Gasteiger partial charge in [0.05, 0.1) is 16.1 Å². The molecule has 0 amide bonds. The van der Waals surface area contributed by atoms with Crippen LogP contribution in [-0.4, -0.2) is 14.6 Å². The van der Waals surface area contributed by atoms with E-state index in [-0.39, 0.29) is 9.92 Å². The highest BCUT2D eigenvalue weighted by atomic mass is 35.5. The van der Waals surface area contributed by atoms with Crippen molar-refractivity contribution in [1.82, 2.24) is 4.83 Å². The average molecular weight is 327 g/mol. The summed E-state index contributed by atoms with van der Waals surface area (Å²) in [5, 5.41) is 3.60. The van der Waals surface area contributed by atoms with Crippen LogP contribution in [0.5, 0.6) is 0 Å². The summed E-state index contributed by atoms with van der Waals surface area (Å²) in [7, 11) is -3.73. The third kappa shape index (κ3) is 4.03. The van der Waals surface area contributed by atoms with E-state index >= 15 is 0 Å². The van der Waals surface area contributed by atoms with Gasteiger partial charge in [-0.2, -0.15) is 13.5 Å². The van der Waals surface area contributed by atoms with Crippen LogP contribution in [0.3, 0.4) is 0 Å². The van der Waals surface area contributed by atoms with Gasteiger partial charge in [-0.1, -0.05) is 35.4 Å². The summed E-state index contributed by atoms with van der Waals surface area (Å²) in [6, 6.07) is 10.4. The van der Waals surface area contributed by atoms with Crippen LogP contribution < -0.4 is 4.83 Å². The molecule has 110 valence electrons. The van der Waals surface area contributed by atoms with Crippen LogP contribution in [0.25, 0.3) is 0 Å². The number of halogens is 2. The maximum absolute atomic E-state index is 13.2. The fraction of sp³-hybridized carbons (Fsp3) is 0.0714. The van der Waals surface area contributed by atoms with E-state index in [1.54, 1.807) is 12.1 Å². The van der Waals surface area contributed by atoms with Crippen LogP contribution in [0, 0.1) is 12.7 Å². The van der Waals surface area contributed by atoms with E-state index in [0.29, 0.717) is 5.56 Å². The minimum atomic E-state index is -3.73. The summed E-state index contributed by atoms with van der Waals surface area (Å²) in [4.78, 5) is 2.17. The number of hydrazone groups is 1. The molecular weight excluding hydrogens is 315 g/mol. The van der Waals surface area contributed by atoms with Crippen molar-refractivity contribution in [1.29, 1.82) is 0 Å². The number of hydrogen-bond donors (Lipinski definition) is 1. The Bertz CT molecular complexity index is 774. The Kier molecular flexibility index (Phi) is 4.59. The maximum atomic E-state index is 13.2. The van der Waals surface area contributed by atoms with Gasteiger partial charge in [-0.25, -0.2) is 9.22 Å². The molecule has 0 aromatic heterocycles. The van der Waals surface area contributed by atoms with Gasteiger partial charge >= 0.3 is 0 Å². The highest BCUT2D eigenvalue weighted by molar-refractivity contribution is 7.89. The molecule has 0 saturated carbocycles. The lowest BCUT2D eigenvalue weighted by atomic mass is 10.2. The molecule has 2 aromatic rings. The molecule has 0 bridgehead atoms. The predicted molar refractivity (Wildman–Crippen MR) is 80.5 cm³/mol. The van der Waals surface area contributed by atoms with Crippen molar-refractivity contribution < 1.29 is 12.8 Å². The molecule has 2 aromatic carbocycles. The summed E-state index contributed by atoms with van der Waals surface area (Å²) in [5.74, 6) is -0.595. The highest BCUT2D eigenvalue weighted by Gasteiger charge is 2.11. The van der Waals surface area contributed by atoms with E-state index < -0.39 is 15.8 Å². The number of benzene rings is 2. The van der Waals surface area contributed by atoms with Gasteiger partial charge in [0.15, 0.2) is 0 Å². The summed E-state index contributed by atoms with van der Waals surface area (Å²) in [6.07, 6.45) is 1.20. The molecule has 1 N–H and O–H groups in total. The van der Waals surface area contributed by atoms with Gasteiger partial charge in [0, 0.05) is 0 Å². The first-order valence-electron chi connectivity index (χ1n) is 5.95. The fourth-order valence-electron chi connectivity index (χ4n) is 1.53. The van der Waals surface area contributed by atoms with Gasteiger partial charge in [0.1, 0.15) is 5.82 Å². The van der Waals surface area contributed by atoms with Crippen molar-refractivity contribution in [2.45, 2.75) is 11.8 Å². The minimum Gasteiger partial charge on any atom is -0.205 e. The lowest BCUT2D eigenvalue weighted by Crippen LogP contribution is -2.18. The van der Waals surface area contributed by atoms with E-state index in [1.807, 2.05) is 6.92 Å². The van der Waals surface area contributed by atoms with Gasteiger partial charge in [-0.15, -0.1) is 0 Å². The molecule has 4 nitrogen and oxygen atoms in total. The zero-order valence-corrected chi connectivity index (χ0v) is 12.6. The standard InChI is InChI=1S/C14H12ClFN2O2S/c1-10-2-5-12(6-3-10)21(19,20)18-17-9-11-4-7-13(15)14(16)8-11/h2-9,18H,1H3/b17-9+. The normalized spacial score (nSPS) is 11.8.